The molecule has 2 aliphatic heterocycles. The molecule has 2 aromatic rings. The maximum absolute atomic E-state index is 14.0. The zero-order valence-electron chi connectivity index (χ0n) is 23.1. The van der Waals surface area contributed by atoms with Crippen molar-refractivity contribution in [2.45, 2.75) is 108 Å². The molecule has 3 heterocycles. The van der Waals surface area contributed by atoms with E-state index >= 15 is 0 Å². The van der Waals surface area contributed by atoms with Crippen LogP contribution in [0, 0.1) is 11.8 Å². The van der Waals surface area contributed by atoms with Crippen LogP contribution in [-0.2, 0) is 14.4 Å². The van der Waals surface area contributed by atoms with Gasteiger partial charge in [0.15, 0.2) is 5.69 Å². The number of carboxylic acid groups (broad SMARTS) is 1. The van der Waals surface area contributed by atoms with E-state index in [4.69, 9.17) is 10.6 Å². The number of carbonyl (C=O) groups is 2. The largest absolute Gasteiger partial charge is 0.476 e. The topological polar surface area (TPSA) is 140 Å². The number of primary amides is 1. The fourth-order valence-electron chi connectivity index (χ4n) is 8.17. The van der Waals surface area contributed by atoms with Crippen molar-refractivity contribution < 1.29 is 19.5 Å². The number of nitrogens with two attached hydrogens (primary N) is 1. The van der Waals surface area contributed by atoms with Gasteiger partial charge in [-0.15, -0.1) is 0 Å². The number of hydrogen-bond acceptors (Lipinski definition) is 7. The number of carboxylic acids is 1. The molecule has 5 unspecified atom stereocenters. The lowest BCUT2D eigenvalue weighted by atomic mass is 9.68. The van der Waals surface area contributed by atoms with E-state index in [1.54, 1.807) is 10.6 Å². The summed E-state index contributed by atoms with van der Waals surface area (Å²) in [4.78, 5) is 49.9. The predicted molar refractivity (Wildman–Crippen MR) is 150 cm³/mol. The summed E-state index contributed by atoms with van der Waals surface area (Å²) >= 11 is 0. The second kappa shape index (κ2) is 11.0. The quantitative estimate of drug-likeness (QED) is 0.397. The van der Waals surface area contributed by atoms with Gasteiger partial charge in [-0.3, -0.25) is 14.5 Å². The van der Waals surface area contributed by atoms with Gasteiger partial charge >= 0.3 is 5.97 Å². The minimum absolute atomic E-state index is 0.0747. The number of amides is 1. The van der Waals surface area contributed by atoms with Crippen molar-refractivity contribution >= 4 is 28.6 Å². The number of para-hydroxylation sites is 2. The Morgan fingerprint density at radius 3 is 2.27 bits per heavy atom. The van der Waals surface area contributed by atoms with Gasteiger partial charge < -0.3 is 20.2 Å². The molecule has 2 saturated heterocycles. The van der Waals surface area contributed by atoms with Gasteiger partial charge in [0.05, 0.1) is 11.0 Å². The number of piperidine rings is 2. The van der Waals surface area contributed by atoms with E-state index in [0.29, 0.717) is 29.2 Å². The van der Waals surface area contributed by atoms with Gasteiger partial charge in [0.25, 0.3) is 11.5 Å². The molecule has 1 amide bonds. The van der Waals surface area contributed by atoms with Crippen LogP contribution in [0.3, 0.4) is 0 Å². The molecule has 10 heteroatoms. The van der Waals surface area contributed by atoms with Crippen molar-refractivity contribution in [1.82, 2.24) is 14.5 Å². The third-order valence-electron chi connectivity index (χ3n) is 9.82. The van der Waals surface area contributed by atoms with E-state index < -0.39 is 29.3 Å². The van der Waals surface area contributed by atoms with E-state index in [2.05, 4.69) is 15.0 Å². The molecule has 2 saturated carbocycles. The number of hydrogen-bond donors (Lipinski definition) is 2. The first-order valence-corrected chi connectivity index (χ1v) is 14.9. The minimum atomic E-state index is -1.46. The summed E-state index contributed by atoms with van der Waals surface area (Å²) in [7, 11) is 0. The van der Waals surface area contributed by atoms with Crippen molar-refractivity contribution in [3.8, 4) is 0 Å². The zero-order valence-corrected chi connectivity index (χ0v) is 23.1. The van der Waals surface area contributed by atoms with Gasteiger partial charge in [-0.05, 0) is 75.8 Å². The fourth-order valence-corrected chi connectivity index (χ4v) is 8.17. The number of aliphatic carboxylic acids is 1. The van der Waals surface area contributed by atoms with Crippen molar-refractivity contribution in [2.75, 3.05) is 0 Å². The van der Waals surface area contributed by atoms with Gasteiger partial charge in [0.1, 0.15) is 0 Å². The molecule has 5 atom stereocenters. The van der Waals surface area contributed by atoms with Gasteiger partial charge in [-0.25, -0.2) is 9.78 Å². The highest BCUT2D eigenvalue weighted by molar-refractivity contribution is 6.41. The molecule has 0 radical (unpaired) electrons. The summed E-state index contributed by atoms with van der Waals surface area (Å²) in [6, 6.07) is 8.73. The molecule has 10 nitrogen and oxygen atoms in total. The van der Waals surface area contributed by atoms with Crippen LogP contribution in [0.25, 0.3) is 11.0 Å². The Bertz CT molecular complexity index is 1360. The molecule has 1 aromatic heterocycles. The molecular formula is C30H39N5O5. The Balaban J connectivity index is 1.36. The third kappa shape index (κ3) is 5.02. The second-order valence-electron chi connectivity index (χ2n) is 12.4. The van der Waals surface area contributed by atoms with E-state index in [1.807, 2.05) is 18.2 Å². The number of benzene rings is 1. The summed E-state index contributed by atoms with van der Waals surface area (Å²) in [6.45, 7) is 1.36. The van der Waals surface area contributed by atoms with Gasteiger partial charge in [-0.1, -0.05) is 43.0 Å². The first-order chi connectivity index (χ1) is 19.3. The number of carbonyl (C=O) groups excluding carboxylic acids is 1. The molecule has 214 valence electrons. The lowest BCUT2D eigenvalue weighted by Gasteiger charge is -2.55. The maximum Gasteiger partial charge on any atom is 0.360 e. The Hall–Kier alpha value is -3.27. The molecule has 4 fully saturated rings. The van der Waals surface area contributed by atoms with Gasteiger partial charge in [-0.2, -0.15) is 0 Å². The Morgan fingerprint density at radius 1 is 0.975 bits per heavy atom. The number of rotatable bonds is 7. The molecular weight excluding hydrogens is 510 g/mol. The summed E-state index contributed by atoms with van der Waals surface area (Å²) in [5.41, 5.74) is 5.01. The lowest BCUT2D eigenvalue weighted by molar-refractivity contribution is -0.131. The number of nitrogens with zero attached hydrogens (tertiary/aromatic N) is 4. The van der Waals surface area contributed by atoms with Crippen LogP contribution in [0.5, 0.6) is 0 Å². The maximum atomic E-state index is 14.0. The molecule has 4 aliphatic rings. The van der Waals surface area contributed by atoms with E-state index in [1.165, 1.54) is 51.9 Å². The molecule has 4 bridgehead atoms. The summed E-state index contributed by atoms with van der Waals surface area (Å²) in [5.74, 6) is -0.535. The van der Waals surface area contributed by atoms with Crippen molar-refractivity contribution in [2.24, 2.45) is 22.7 Å². The second-order valence-corrected chi connectivity index (χ2v) is 12.4. The van der Waals surface area contributed by atoms with Gasteiger partial charge in [0.2, 0.25) is 11.8 Å². The van der Waals surface area contributed by atoms with Crippen LogP contribution in [0.2, 0.25) is 0 Å². The summed E-state index contributed by atoms with van der Waals surface area (Å²) in [5, 5.41) is 13.6. The smallest absolute Gasteiger partial charge is 0.360 e. The lowest BCUT2D eigenvalue weighted by Crippen LogP contribution is -2.58. The number of fused-ring (bicyclic) bond motifs is 5. The summed E-state index contributed by atoms with van der Waals surface area (Å²) < 4.78 is 1.76. The number of aromatic nitrogens is 2. The van der Waals surface area contributed by atoms with E-state index in [0.717, 1.165) is 37.5 Å². The average Bonchev–Trinajstić information content (AvgIpc) is 2.92. The molecule has 1 aromatic carbocycles. The van der Waals surface area contributed by atoms with Crippen LogP contribution >= 0.6 is 0 Å². The normalized spacial score (nSPS) is 31.5. The molecule has 0 spiro atoms. The molecule has 6 rings (SSSR count). The average molecular weight is 550 g/mol. The monoisotopic (exact) mass is 549 g/mol. The van der Waals surface area contributed by atoms with E-state index in [9.17, 15) is 19.5 Å². The summed E-state index contributed by atoms with van der Waals surface area (Å²) in [6.07, 6.45) is 12.1. The fraction of sp³-hybridized carbons (Fsp3) is 0.633. The molecule has 40 heavy (non-hydrogen) atoms. The van der Waals surface area contributed by atoms with Crippen LogP contribution in [-0.4, -0.2) is 61.4 Å². The first-order valence-electron chi connectivity index (χ1n) is 14.9. The van der Waals surface area contributed by atoms with Crippen LogP contribution in [0.15, 0.2) is 34.2 Å². The van der Waals surface area contributed by atoms with Crippen LogP contribution in [0.1, 0.15) is 89.3 Å². The Kier molecular flexibility index (Phi) is 7.37. The highest BCUT2D eigenvalue weighted by atomic mass is 16.6. The number of oxime groups is 1. The molecule has 2 aliphatic carbocycles. The minimum Gasteiger partial charge on any atom is -0.476 e. The SMILES string of the molecule is CC(O/N=C(\C(=O)O)c1nc2ccccc2n(C2CC3CCCC(C2)N3C2CC3CCCC(C3)C2)c1=O)C(N)=O. The Labute approximate surface area is 233 Å². The van der Waals surface area contributed by atoms with Crippen molar-refractivity contribution in [3.05, 3.63) is 40.3 Å². The zero-order chi connectivity index (χ0) is 28.0. The van der Waals surface area contributed by atoms with Crippen molar-refractivity contribution in [1.29, 1.82) is 0 Å². The third-order valence-corrected chi connectivity index (χ3v) is 9.82. The van der Waals surface area contributed by atoms with Gasteiger partial charge in [0, 0.05) is 24.2 Å². The standard InChI is InChI=1S/C30H39N5O5/c1-17(28(31)36)40-33-27(30(38)39)26-29(37)35(25-11-3-2-10-24(25)32-26)23-15-20-8-5-9-21(16-23)34(20)22-13-18-6-4-7-19(12-18)14-22/h2-3,10-11,17-23H,4-9,12-16H2,1H3,(H2,31,36)(H,38,39)/b33-27-. The van der Waals surface area contributed by atoms with Crippen molar-refractivity contribution in [3.63, 3.8) is 0 Å². The molecule has 3 N–H and O–H groups in total. The highest BCUT2D eigenvalue weighted by Crippen LogP contribution is 2.47. The Morgan fingerprint density at radius 2 is 1.62 bits per heavy atom. The van der Waals surface area contributed by atoms with E-state index in [-0.39, 0.29) is 11.7 Å². The first kappa shape index (κ1) is 26.9. The van der Waals surface area contributed by atoms with Crippen LogP contribution in [0.4, 0.5) is 0 Å². The van der Waals surface area contributed by atoms with Crippen LogP contribution < -0.4 is 11.3 Å². The highest BCUT2D eigenvalue weighted by Gasteiger charge is 2.45. The predicted octanol–water partition coefficient (Wildman–Crippen LogP) is 3.60.